The number of ketones is 1. The molecule has 1 aromatic heterocycles. The van der Waals surface area contributed by atoms with Gasteiger partial charge in [0.1, 0.15) is 23.0 Å². The molecular weight excluding hydrogens is 567 g/mol. The van der Waals surface area contributed by atoms with Gasteiger partial charge in [0, 0.05) is 23.4 Å². The molecule has 3 atom stereocenters. The van der Waals surface area contributed by atoms with Crippen molar-refractivity contribution in [2.45, 2.75) is 64.3 Å². The maximum atomic E-state index is 13.7. The van der Waals surface area contributed by atoms with Crippen LogP contribution in [-0.4, -0.2) is 63.7 Å². The standard InChI is InChI=1S/C26H30F3N5O4S2/c1-13(2)20(34-32-14(3)21(40-34)23(30)36)25(38)33-10-6-8-18(33)24(37)31-17(22(35)26(27,28)29)11-15-12-39-19-9-5-4-7-16(15)19/h4-5,7,9,12-13,17-18,20,32H,6,8,10-11H2,1-3H3,(H2,30,36)(H,31,37)/t17-,18-,20?/m0/s1. The first-order valence-corrected chi connectivity index (χ1v) is 14.4. The van der Waals surface area contributed by atoms with E-state index in [0.717, 1.165) is 16.6 Å². The van der Waals surface area contributed by atoms with Gasteiger partial charge in [-0.05, 0) is 60.0 Å². The third kappa shape index (κ3) is 6.13. The smallest absolute Gasteiger partial charge is 0.365 e. The van der Waals surface area contributed by atoms with Crippen LogP contribution in [-0.2, 0) is 25.6 Å². The number of nitrogens with two attached hydrogens (primary N) is 1. The summed E-state index contributed by atoms with van der Waals surface area (Å²) in [6, 6.07) is 3.44. The van der Waals surface area contributed by atoms with Crippen molar-refractivity contribution in [3.05, 3.63) is 45.8 Å². The van der Waals surface area contributed by atoms with Crippen LogP contribution in [0, 0.1) is 5.92 Å². The number of halogens is 3. The summed E-state index contributed by atoms with van der Waals surface area (Å²) in [5, 5.41) is 4.72. The lowest BCUT2D eigenvalue weighted by Gasteiger charge is -2.34. The maximum Gasteiger partial charge on any atom is 0.452 e. The minimum atomic E-state index is -5.15. The van der Waals surface area contributed by atoms with Crippen LogP contribution in [0.4, 0.5) is 13.2 Å². The van der Waals surface area contributed by atoms with Gasteiger partial charge >= 0.3 is 6.18 Å². The molecule has 2 aromatic rings. The van der Waals surface area contributed by atoms with Gasteiger partial charge in [-0.25, -0.2) is 0 Å². The first-order chi connectivity index (χ1) is 18.8. The second kappa shape index (κ2) is 11.8. The molecule has 4 rings (SSSR count). The SMILES string of the molecule is CC1=C(C(N)=O)SN(C(C(=O)N2CCC[C@H]2C(=O)N[C@@H](Cc2csc3ccccc23)C(=O)C(F)(F)F)C(C)C)N1. The number of nitrogens with zero attached hydrogens (tertiary/aromatic N) is 2. The normalized spacial score (nSPS) is 19.7. The molecule has 0 aliphatic carbocycles. The highest BCUT2D eigenvalue weighted by atomic mass is 32.2. The Bertz CT molecular complexity index is 1360. The molecular formula is C26H30F3N5O4S2. The van der Waals surface area contributed by atoms with Crippen LogP contribution in [0.1, 0.15) is 39.2 Å². The number of fused-ring (bicyclic) bond motifs is 1. The Morgan fingerprint density at radius 1 is 1.20 bits per heavy atom. The zero-order valence-electron chi connectivity index (χ0n) is 22.1. The number of Topliss-reactive ketones (excluding diaryl/α,β-unsaturated/α-hetero) is 1. The first-order valence-electron chi connectivity index (χ1n) is 12.7. The van der Waals surface area contributed by atoms with Gasteiger partial charge in [0.25, 0.3) is 11.7 Å². The summed E-state index contributed by atoms with van der Waals surface area (Å²) in [6.07, 6.45) is -4.79. The summed E-state index contributed by atoms with van der Waals surface area (Å²) in [5.74, 6) is -4.20. The van der Waals surface area contributed by atoms with E-state index >= 15 is 0 Å². The Balaban J connectivity index is 1.54. The summed E-state index contributed by atoms with van der Waals surface area (Å²) in [5.41, 5.74) is 9.41. The molecule has 2 aliphatic heterocycles. The molecule has 0 radical (unpaired) electrons. The van der Waals surface area contributed by atoms with E-state index < -0.39 is 47.8 Å². The number of hydrogen-bond donors (Lipinski definition) is 3. The number of amides is 3. The zero-order chi connectivity index (χ0) is 29.4. The van der Waals surface area contributed by atoms with Crippen LogP contribution in [0.2, 0.25) is 0 Å². The van der Waals surface area contributed by atoms with Crippen LogP contribution in [0.25, 0.3) is 10.1 Å². The zero-order valence-corrected chi connectivity index (χ0v) is 23.7. The van der Waals surface area contributed by atoms with Crippen LogP contribution in [0.5, 0.6) is 0 Å². The molecule has 0 bridgehead atoms. The molecule has 2 aliphatic rings. The van der Waals surface area contributed by atoms with Crippen LogP contribution in [0.15, 0.2) is 40.2 Å². The van der Waals surface area contributed by atoms with E-state index in [0.29, 0.717) is 23.1 Å². The number of allylic oxidation sites excluding steroid dienone is 1. The number of primary amides is 1. The number of nitrogens with one attached hydrogen (secondary N) is 2. The highest BCUT2D eigenvalue weighted by Gasteiger charge is 2.47. The lowest BCUT2D eigenvalue weighted by Crippen LogP contribution is -2.57. The fourth-order valence-electron chi connectivity index (χ4n) is 4.98. The highest BCUT2D eigenvalue weighted by molar-refractivity contribution is 8.02. The number of hydrazine groups is 1. The molecule has 216 valence electrons. The van der Waals surface area contributed by atoms with Gasteiger partial charge in [-0.1, -0.05) is 32.0 Å². The van der Waals surface area contributed by atoms with Gasteiger partial charge in [-0.15, -0.1) is 15.8 Å². The van der Waals surface area contributed by atoms with Crippen molar-refractivity contribution < 1.29 is 32.3 Å². The van der Waals surface area contributed by atoms with Crippen molar-refractivity contribution in [1.82, 2.24) is 20.1 Å². The third-order valence-corrected chi connectivity index (χ3v) is 9.12. The molecule has 0 spiro atoms. The largest absolute Gasteiger partial charge is 0.452 e. The maximum absolute atomic E-state index is 13.7. The lowest BCUT2D eigenvalue weighted by atomic mass is 10.00. The number of benzene rings is 1. The number of carbonyl (C=O) groups is 4. The van der Waals surface area contributed by atoms with Gasteiger partial charge < -0.3 is 21.4 Å². The number of likely N-dealkylation sites (tertiary alicyclic amines) is 1. The Labute approximate surface area is 237 Å². The second-order valence-electron chi connectivity index (χ2n) is 10.1. The number of thiophene rings is 1. The van der Waals surface area contributed by atoms with Gasteiger partial charge in [-0.3, -0.25) is 19.2 Å². The van der Waals surface area contributed by atoms with E-state index in [-0.39, 0.29) is 30.2 Å². The van der Waals surface area contributed by atoms with E-state index in [2.05, 4.69) is 10.7 Å². The minimum absolute atomic E-state index is 0.223. The Hall–Kier alpha value is -3.10. The van der Waals surface area contributed by atoms with E-state index in [1.807, 2.05) is 6.07 Å². The molecule has 0 saturated carbocycles. The predicted molar refractivity (Wildman–Crippen MR) is 146 cm³/mol. The Kier molecular flexibility index (Phi) is 8.80. The average Bonchev–Trinajstić information content (AvgIpc) is 3.61. The van der Waals surface area contributed by atoms with Crippen molar-refractivity contribution in [3.8, 4) is 0 Å². The summed E-state index contributed by atoms with van der Waals surface area (Å²) < 4.78 is 43.0. The van der Waals surface area contributed by atoms with Gasteiger partial charge in [0.05, 0.1) is 0 Å². The molecule has 1 aromatic carbocycles. The van der Waals surface area contributed by atoms with Crippen LogP contribution in [0.3, 0.4) is 0 Å². The van der Waals surface area contributed by atoms with Crippen molar-refractivity contribution in [2.24, 2.45) is 11.7 Å². The topological polar surface area (TPSA) is 125 Å². The molecule has 1 unspecified atom stereocenters. The molecule has 3 amide bonds. The number of carbonyl (C=O) groups excluding carboxylic acids is 4. The highest BCUT2D eigenvalue weighted by Crippen LogP contribution is 2.34. The number of alkyl halides is 3. The summed E-state index contributed by atoms with van der Waals surface area (Å²) >= 11 is 2.33. The van der Waals surface area contributed by atoms with Gasteiger partial charge in [0.15, 0.2) is 0 Å². The molecule has 4 N–H and O–H groups in total. The van der Waals surface area contributed by atoms with E-state index in [4.69, 9.17) is 5.73 Å². The lowest BCUT2D eigenvalue weighted by molar-refractivity contribution is -0.173. The Morgan fingerprint density at radius 2 is 1.90 bits per heavy atom. The van der Waals surface area contributed by atoms with Crippen LogP contribution < -0.4 is 16.5 Å². The van der Waals surface area contributed by atoms with Crippen molar-refractivity contribution in [2.75, 3.05) is 6.54 Å². The predicted octanol–water partition coefficient (Wildman–Crippen LogP) is 3.26. The van der Waals surface area contributed by atoms with Crippen molar-refractivity contribution in [1.29, 1.82) is 0 Å². The first kappa shape index (κ1) is 29.9. The van der Waals surface area contributed by atoms with Gasteiger partial charge in [0.2, 0.25) is 11.8 Å². The summed E-state index contributed by atoms with van der Waals surface area (Å²) in [6.45, 7) is 5.48. The average molecular weight is 598 g/mol. The minimum Gasteiger partial charge on any atom is -0.365 e. The fourth-order valence-corrected chi connectivity index (χ4v) is 7.05. The van der Waals surface area contributed by atoms with Crippen molar-refractivity contribution in [3.63, 3.8) is 0 Å². The third-order valence-electron chi connectivity index (χ3n) is 6.91. The van der Waals surface area contributed by atoms with E-state index in [1.54, 1.807) is 44.4 Å². The van der Waals surface area contributed by atoms with E-state index in [1.165, 1.54) is 20.7 Å². The Morgan fingerprint density at radius 3 is 2.52 bits per heavy atom. The molecule has 3 heterocycles. The monoisotopic (exact) mass is 597 g/mol. The summed E-state index contributed by atoms with van der Waals surface area (Å²) in [4.78, 5) is 52.9. The molecule has 9 nitrogen and oxygen atoms in total. The van der Waals surface area contributed by atoms with Gasteiger partial charge in [-0.2, -0.15) is 13.2 Å². The fraction of sp³-hybridized carbons (Fsp3) is 0.462. The molecule has 1 saturated heterocycles. The molecule has 14 heteroatoms. The van der Waals surface area contributed by atoms with Crippen molar-refractivity contribution >= 4 is 56.9 Å². The second-order valence-corrected chi connectivity index (χ2v) is 12.0. The molecule has 1 fully saturated rings. The van der Waals surface area contributed by atoms with E-state index in [9.17, 15) is 32.3 Å². The quantitative estimate of drug-likeness (QED) is 0.379. The summed E-state index contributed by atoms with van der Waals surface area (Å²) in [7, 11) is 0. The van der Waals surface area contributed by atoms with Crippen LogP contribution >= 0.6 is 23.3 Å². The number of rotatable bonds is 9. The molecule has 40 heavy (non-hydrogen) atoms. The number of hydrogen-bond acceptors (Lipinski definition) is 8.